The highest BCUT2D eigenvalue weighted by molar-refractivity contribution is 7.99. The van der Waals surface area contributed by atoms with E-state index in [1.807, 2.05) is 0 Å². The number of hydrogen-bond donors (Lipinski definition) is 0. The van der Waals surface area contributed by atoms with Crippen molar-refractivity contribution < 1.29 is 22.7 Å². The van der Waals surface area contributed by atoms with E-state index in [0.29, 0.717) is 10.9 Å². The Labute approximate surface area is 161 Å². The van der Waals surface area contributed by atoms with Gasteiger partial charge in [-0.2, -0.15) is 0 Å². The lowest BCUT2D eigenvalue weighted by molar-refractivity contribution is 0.0944. The molecule has 4 rings (SSSR count). The summed E-state index contributed by atoms with van der Waals surface area (Å²) in [6, 6.07) is 9.07. The van der Waals surface area contributed by atoms with Gasteiger partial charge in [-0.25, -0.2) is 22.9 Å². The zero-order chi connectivity index (χ0) is 19.7. The molecule has 1 aromatic heterocycles. The molecule has 0 radical (unpaired) electrons. The molecule has 0 spiro atoms. The molecule has 0 N–H and O–H groups in total. The summed E-state index contributed by atoms with van der Waals surface area (Å²) in [6.45, 7) is 0.00698. The first-order valence-electron chi connectivity index (χ1n) is 8.27. The number of rotatable bonds is 4. The maximum absolute atomic E-state index is 14.1. The van der Waals surface area contributed by atoms with E-state index in [1.54, 1.807) is 6.07 Å². The molecule has 2 aromatic carbocycles. The zero-order valence-electron chi connectivity index (χ0n) is 14.3. The summed E-state index contributed by atoms with van der Waals surface area (Å²) >= 11 is 1.34. The first-order valence-corrected chi connectivity index (χ1v) is 9.25. The Hall–Kier alpha value is -3.01. The zero-order valence-corrected chi connectivity index (χ0v) is 15.1. The number of hydrogen-bond acceptors (Lipinski definition) is 5. The molecule has 0 aliphatic carbocycles. The van der Waals surface area contributed by atoms with Gasteiger partial charge in [-0.3, -0.25) is 4.79 Å². The van der Waals surface area contributed by atoms with Gasteiger partial charge in [0.1, 0.15) is 23.8 Å². The van der Waals surface area contributed by atoms with Gasteiger partial charge < -0.3 is 4.74 Å². The minimum absolute atomic E-state index is 0.0151. The average Bonchev–Trinajstić information content (AvgIpc) is 3.10. The van der Waals surface area contributed by atoms with Gasteiger partial charge in [-0.1, -0.05) is 30.0 Å². The second kappa shape index (κ2) is 7.55. The summed E-state index contributed by atoms with van der Waals surface area (Å²) in [7, 11) is 0. The summed E-state index contributed by atoms with van der Waals surface area (Å²) in [6.07, 6.45) is 0. The molecule has 1 amide bonds. The van der Waals surface area contributed by atoms with E-state index in [9.17, 15) is 18.0 Å². The number of halogens is 3. The topological polar surface area (TPSA) is 60.3 Å². The van der Waals surface area contributed by atoms with Crippen molar-refractivity contribution in [3.8, 4) is 5.75 Å². The van der Waals surface area contributed by atoms with Gasteiger partial charge in [-0.15, -0.1) is 10.2 Å². The van der Waals surface area contributed by atoms with Crippen LogP contribution >= 0.6 is 11.8 Å². The molecule has 1 aliphatic rings. The molecule has 0 saturated carbocycles. The fourth-order valence-corrected chi connectivity index (χ4v) is 3.64. The van der Waals surface area contributed by atoms with Crippen molar-refractivity contribution in [2.45, 2.75) is 11.8 Å². The number of carbonyl (C=O) groups excluding carboxylic acids is 1. The summed E-state index contributed by atoms with van der Waals surface area (Å²) in [4.78, 5) is 12.8. The molecule has 2 heterocycles. The Morgan fingerprint density at radius 2 is 1.75 bits per heavy atom. The lowest BCUT2D eigenvalue weighted by Crippen LogP contribution is -2.46. The summed E-state index contributed by atoms with van der Waals surface area (Å²) < 4.78 is 48.7. The van der Waals surface area contributed by atoms with Crippen LogP contribution in [0.25, 0.3) is 0 Å². The molecule has 1 aliphatic heterocycles. The van der Waals surface area contributed by atoms with Crippen LogP contribution in [0, 0.1) is 17.5 Å². The monoisotopic (exact) mass is 406 g/mol. The standard InChI is InChI=1S/C18H13F3N4O2S/c19-11-4-1-2-7-14(11)27-10-15-22-23-18-25(15)24(8-9-28-18)17(26)16-12(20)5-3-6-13(16)21/h1-7H,8-10H2. The minimum Gasteiger partial charge on any atom is -0.482 e. The minimum atomic E-state index is -0.956. The number of fused-ring (bicyclic) bond motifs is 1. The molecule has 0 saturated heterocycles. The molecule has 0 unspecified atom stereocenters. The number of amides is 1. The van der Waals surface area contributed by atoms with E-state index in [4.69, 9.17) is 4.74 Å². The van der Waals surface area contributed by atoms with Gasteiger partial charge in [0.05, 0.1) is 6.54 Å². The Kier molecular flexibility index (Phi) is 4.95. The van der Waals surface area contributed by atoms with Crippen molar-refractivity contribution in [3.05, 3.63) is 71.3 Å². The highest BCUT2D eigenvalue weighted by Crippen LogP contribution is 2.26. The maximum atomic E-state index is 14.1. The average molecular weight is 406 g/mol. The normalized spacial score (nSPS) is 13.3. The van der Waals surface area contributed by atoms with Crippen LogP contribution in [0.4, 0.5) is 13.2 Å². The van der Waals surface area contributed by atoms with Crippen molar-refractivity contribution in [2.75, 3.05) is 17.3 Å². The predicted octanol–water partition coefficient (Wildman–Crippen LogP) is 3.16. The van der Waals surface area contributed by atoms with Gasteiger partial charge in [0.15, 0.2) is 17.4 Å². The van der Waals surface area contributed by atoms with E-state index < -0.39 is 28.9 Å². The highest BCUT2D eigenvalue weighted by Gasteiger charge is 2.31. The predicted molar refractivity (Wildman–Crippen MR) is 95.3 cm³/mol. The van der Waals surface area contributed by atoms with Crippen molar-refractivity contribution in [3.63, 3.8) is 0 Å². The number of benzene rings is 2. The van der Waals surface area contributed by atoms with Gasteiger partial charge in [0, 0.05) is 5.75 Å². The van der Waals surface area contributed by atoms with Crippen molar-refractivity contribution in [1.29, 1.82) is 0 Å². The van der Waals surface area contributed by atoms with Crippen LogP contribution in [-0.4, -0.2) is 33.1 Å². The summed E-state index contributed by atoms with van der Waals surface area (Å²) in [5.41, 5.74) is -0.657. The first kappa shape index (κ1) is 18.4. The fraction of sp³-hybridized carbons (Fsp3) is 0.167. The van der Waals surface area contributed by atoms with Gasteiger partial charge >= 0.3 is 0 Å². The van der Waals surface area contributed by atoms with E-state index in [2.05, 4.69) is 10.2 Å². The van der Waals surface area contributed by atoms with Gasteiger partial charge in [0.2, 0.25) is 5.16 Å². The third-order valence-electron chi connectivity index (χ3n) is 4.06. The van der Waals surface area contributed by atoms with Crippen LogP contribution < -0.4 is 9.75 Å². The van der Waals surface area contributed by atoms with E-state index in [1.165, 1.54) is 40.7 Å². The molecular formula is C18H13F3N4O2S. The van der Waals surface area contributed by atoms with Crippen LogP contribution in [-0.2, 0) is 6.61 Å². The maximum Gasteiger partial charge on any atom is 0.278 e. The van der Waals surface area contributed by atoms with Crippen molar-refractivity contribution >= 4 is 17.7 Å². The van der Waals surface area contributed by atoms with Crippen LogP contribution in [0.3, 0.4) is 0 Å². The quantitative estimate of drug-likeness (QED) is 0.666. The third kappa shape index (κ3) is 3.31. The fourth-order valence-electron chi connectivity index (χ4n) is 2.77. The smallest absolute Gasteiger partial charge is 0.278 e. The molecule has 28 heavy (non-hydrogen) atoms. The number of thioether (sulfide) groups is 1. The number of ether oxygens (including phenoxy) is 1. The van der Waals surface area contributed by atoms with Gasteiger partial charge in [-0.05, 0) is 24.3 Å². The Balaban J connectivity index is 1.65. The SMILES string of the molecule is O=C(c1c(F)cccc1F)N1CCSc2nnc(COc3ccccc3F)n21. The number of para-hydroxylation sites is 1. The Morgan fingerprint density at radius 3 is 2.50 bits per heavy atom. The van der Waals surface area contributed by atoms with E-state index in [0.717, 1.165) is 17.1 Å². The largest absolute Gasteiger partial charge is 0.482 e. The molecule has 144 valence electrons. The first-order chi connectivity index (χ1) is 13.6. The second-order valence-corrected chi connectivity index (χ2v) is 6.87. The number of carbonyl (C=O) groups is 1. The Morgan fingerprint density at radius 1 is 1.04 bits per heavy atom. The van der Waals surface area contributed by atoms with E-state index >= 15 is 0 Å². The van der Waals surface area contributed by atoms with Crippen LogP contribution in [0.15, 0.2) is 47.6 Å². The molecule has 10 heteroatoms. The van der Waals surface area contributed by atoms with Gasteiger partial charge in [0.25, 0.3) is 5.91 Å². The van der Waals surface area contributed by atoms with Crippen LogP contribution in [0.1, 0.15) is 16.2 Å². The van der Waals surface area contributed by atoms with Crippen LogP contribution in [0.5, 0.6) is 5.75 Å². The Bertz CT molecular complexity index is 1020. The van der Waals surface area contributed by atoms with Crippen molar-refractivity contribution in [1.82, 2.24) is 14.9 Å². The molecule has 0 fully saturated rings. The van der Waals surface area contributed by atoms with Crippen molar-refractivity contribution in [2.24, 2.45) is 0 Å². The lowest BCUT2D eigenvalue weighted by atomic mass is 10.2. The summed E-state index contributed by atoms with van der Waals surface area (Å²) in [5.74, 6) is -2.62. The molecule has 0 atom stereocenters. The lowest BCUT2D eigenvalue weighted by Gasteiger charge is -2.29. The number of nitrogens with zero attached hydrogens (tertiary/aromatic N) is 4. The molecule has 3 aromatic rings. The number of aromatic nitrogens is 3. The van der Waals surface area contributed by atoms with E-state index in [-0.39, 0.29) is 24.7 Å². The second-order valence-electron chi connectivity index (χ2n) is 5.80. The third-order valence-corrected chi connectivity index (χ3v) is 4.96. The molecular weight excluding hydrogens is 393 g/mol. The highest BCUT2D eigenvalue weighted by atomic mass is 32.2. The van der Waals surface area contributed by atoms with Crippen LogP contribution in [0.2, 0.25) is 0 Å². The molecule has 6 nitrogen and oxygen atoms in total. The summed E-state index contributed by atoms with van der Waals surface area (Å²) in [5, 5.41) is 9.50. The molecule has 0 bridgehead atoms.